The van der Waals surface area contributed by atoms with E-state index in [0.29, 0.717) is 18.9 Å². The molecule has 2 N–H and O–H groups in total. The van der Waals surface area contributed by atoms with E-state index in [2.05, 4.69) is 29.0 Å². The molecule has 1 saturated carbocycles. The lowest BCUT2D eigenvalue weighted by Gasteiger charge is -2.32. The number of nitrogens with one attached hydrogen (secondary N) is 1. The molecule has 0 radical (unpaired) electrons. The standard InChI is InChI=1S/C20H30N2O5S/c1-28(25,26)21-18-11-12-22(20(24)13-23)19(18)14-27-17-9-7-16(8-10-17)15-5-3-2-4-6-15/h2-6,16-19,21,23H,7-14H2,1H3/t16?,17?,18-,19-/m0/s1. The molecule has 156 valence electrons. The second-order valence-corrected chi connectivity index (χ2v) is 9.60. The Kier molecular flexibility index (Phi) is 7.09. The van der Waals surface area contributed by atoms with Crippen molar-refractivity contribution in [2.24, 2.45) is 0 Å². The van der Waals surface area contributed by atoms with Crippen LogP contribution in [0.5, 0.6) is 0 Å². The predicted octanol–water partition coefficient (Wildman–Crippen LogP) is 1.24. The molecule has 8 heteroatoms. The lowest BCUT2D eigenvalue weighted by molar-refractivity contribution is -0.137. The highest BCUT2D eigenvalue weighted by molar-refractivity contribution is 7.88. The van der Waals surface area contributed by atoms with E-state index in [-0.39, 0.29) is 30.7 Å². The summed E-state index contributed by atoms with van der Waals surface area (Å²) in [5.74, 6) is 0.166. The molecule has 1 amide bonds. The van der Waals surface area contributed by atoms with Gasteiger partial charge in [-0.1, -0.05) is 30.3 Å². The minimum Gasteiger partial charge on any atom is -0.387 e. The first kappa shape index (κ1) is 21.2. The van der Waals surface area contributed by atoms with Crippen LogP contribution in [-0.2, 0) is 19.6 Å². The normalized spacial score (nSPS) is 28.4. The highest BCUT2D eigenvalue weighted by Gasteiger charge is 2.39. The van der Waals surface area contributed by atoms with Crippen molar-refractivity contribution in [3.63, 3.8) is 0 Å². The zero-order valence-electron chi connectivity index (χ0n) is 16.3. The number of amides is 1. The summed E-state index contributed by atoms with van der Waals surface area (Å²) in [5, 5.41) is 9.22. The van der Waals surface area contributed by atoms with Crippen LogP contribution in [0.25, 0.3) is 0 Å². The fourth-order valence-corrected chi connectivity index (χ4v) is 5.22. The van der Waals surface area contributed by atoms with Crippen LogP contribution in [0.4, 0.5) is 0 Å². The maximum absolute atomic E-state index is 12.0. The van der Waals surface area contributed by atoms with E-state index >= 15 is 0 Å². The summed E-state index contributed by atoms with van der Waals surface area (Å²) in [4.78, 5) is 13.6. The number of sulfonamides is 1. The second kappa shape index (κ2) is 9.35. The number of benzene rings is 1. The second-order valence-electron chi connectivity index (χ2n) is 7.82. The molecule has 1 saturated heterocycles. The van der Waals surface area contributed by atoms with Gasteiger partial charge in [0, 0.05) is 12.6 Å². The topological polar surface area (TPSA) is 95.9 Å². The molecule has 3 rings (SSSR count). The number of hydrogen-bond donors (Lipinski definition) is 2. The zero-order chi connectivity index (χ0) is 20.1. The Bertz CT molecular complexity index is 747. The van der Waals surface area contributed by atoms with Crippen LogP contribution in [0, 0.1) is 0 Å². The van der Waals surface area contributed by atoms with Crippen molar-refractivity contribution in [3.05, 3.63) is 35.9 Å². The van der Waals surface area contributed by atoms with Crippen LogP contribution in [0.1, 0.15) is 43.6 Å². The van der Waals surface area contributed by atoms with Crippen LogP contribution >= 0.6 is 0 Å². The largest absolute Gasteiger partial charge is 0.387 e. The zero-order valence-corrected chi connectivity index (χ0v) is 17.1. The summed E-state index contributed by atoms with van der Waals surface area (Å²) in [6, 6.07) is 9.74. The Balaban J connectivity index is 1.55. The molecule has 0 aromatic heterocycles. The Hall–Kier alpha value is -1.48. The molecule has 1 aromatic rings. The lowest BCUT2D eigenvalue weighted by atomic mass is 9.83. The summed E-state index contributed by atoms with van der Waals surface area (Å²) in [6.45, 7) is 0.116. The van der Waals surface area contributed by atoms with Crippen LogP contribution in [-0.4, -0.2) is 68.5 Å². The third kappa shape index (κ3) is 5.53. The first-order valence-electron chi connectivity index (χ1n) is 9.91. The van der Waals surface area contributed by atoms with Crippen LogP contribution in [0.2, 0.25) is 0 Å². The van der Waals surface area contributed by atoms with Crippen LogP contribution in [0.15, 0.2) is 30.3 Å². The van der Waals surface area contributed by atoms with E-state index < -0.39 is 16.6 Å². The summed E-state index contributed by atoms with van der Waals surface area (Å²) < 4.78 is 32.0. The number of carbonyl (C=O) groups is 1. The van der Waals surface area contributed by atoms with Gasteiger partial charge < -0.3 is 14.7 Å². The summed E-state index contributed by atoms with van der Waals surface area (Å²) in [5.41, 5.74) is 1.37. The quantitative estimate of drug-likeness (QED) is 0.705. The average molecular weight is 411 g/mol. The minimum absolute atomic E-state index is 0.116. The fraction of sp³-hybridized carbons (Fsp3) is 0.650. The summed E-state index contributed by atoms with van der Waals surface area (Å²) >= 11 is 0. The van der Waals surface area contributed by atoms with E-state index in [1.54, 1.807) is 4.90 Å². The first-order valence-corrected chi connectivity index (χ1v) is 11.8. The molecule has 0 bridgehead atoms. The summed E-state index contributed by atoms with van der Waals surface area (Å²) in [6.07, 6.45) is 5.77. The van der Waals surface area contributed by atoms with E-state index in [1.807, 2.05) is 6.07 Å². The Morgan fingerprint density at radius 2 is 1.86 bits per heavy atom. The number of aliphatic hydroxyl groups excluding tert-OH is 1. The van der Waals surface area contributed by atoms with Gasteiger partial charge >= 0.3 is 0 Å². The average Bonchev–Trinajstić information content (AvgIpc) is 3.07. The number of nitrogens with zero attached hydrogens (tertiary/aromatic N) is 1. The van der Waals surface area contributed by atoms with Crippen molar-refractivity contribution in [2.45, 2.75) is 56.2 Å². The van der Waals surface area contributed by atoms with Crippen LogP contribution in [0.3, 0.4) is 0 Å². The Morgan fingerprint density at radius 3 is 2.46 bits per heavy atom. The van der Waals surface area contributed by atoms with Gasteiger partial charge in [0.25, 0.3) is 0 Å². The highest BCUT2D eigenvalue weighted by atomic mass is 32.2. The molecule has 1 aromatic carbocycles. The highest BCUT2D eigenvalue weighted by Crippen LogP contribution is 2.34. The van der Waals surface area contributed by atoms with Gasteiger partial charge in [-0.05, 0) is 43.6 Å². The van der Waals surface area contributed by atoms with Gasteiger partial charge in [0.15, 0.2) is 0 Å². The van der Waals surface area contributed by atoms with Gasteiger partial charge in [0.2, 0.25) is 15.9 Å². The van der Waals surface area contributed by atoms with E-state index in [1.165, 1.54) is 5.56 Å². The van der Waals surface area contributed by atoms with Crippen molar-refractivity contribution < 1.29 is 23.1 Å². The number of ether oxygens (including phenoxy) is 1. The number of aliphatic hydroxyl groups is 1. The number of hydrogen-bond acceptors (Lipinski definition) is 5. The number of carbonyl (C=O) groups excluding carboxylic acids is 1. The van der Waals surface area contributed by atoms with E-state index in [9.17, 15) is 18.3 Å². The molecule has 1 heterocycles. The molecule has 28 heavy (non-hydrogen) atoms. The molecule has 2 fully saturated rings. The van der Waals surface area contributed by atoms with Crippen LogP contribution < -0.4 is 4.72 Å². The minimum atomic E-state index is -3.38. The fourth-order valence-electron chi connectivity index (χ4n) is 4.40. The SMILES string of the molecule is CS(=O)(=O)N[C@H]1CCN(C(=O)CO)[C@H]1COC1CCC(c2ccccc2)CC1. The molecule has 2 atom stereocenters. The predicted molar refractivity (Wildman–Crippen MR) is 106 cm³/mol. The maximum atomic E-state index is 12.0. The van der Waals surface area contributed by atoms with E-state index in [0.717, 1.165) is 31.9 Å². The maximum Gasteiger partial charge on any atom is 0.248 e. The molecule has 0 unspecified atom stereocenters. The number of likely N-dealkylation sites (tertiary alicyclic amines) is 1. The van der Waals surface area contributed by atoms with Gasteiger partial charge in [0.05, 0.1) is 25.0 Å². The monoisotopic (exact) mass is 410 g/mol. The third-order valence-corrected chi connectivity index (χ3v) is 6.55. The Labute approximate surface area is 167 Å². The lowest BCUT2D eigenvalue weighted by Crippen LogP contribution is -2.50. The summed E-state index contributed by atoms with van der Waals surface area (Å²) in [7, 11) is -3.38. The van der Waals surface area contributed by atoms with Crippen molar-refractivity contribution in [1.82, 2.24) is 9.62 Å². The third-order valence-electron chi connectivity index (χ3n) is 5.81. The number of rotatable bonds is 7. The Morgan fingerprint density at radius 1 is 1.18 bits per heavy atom. The van der Waals surface area contributed by atoms with Gasteiger partial charge in [0.1, 0.15) is 6.61 Å². The molecular weight excluding hydrogens is 380 g/mol. The smallest absolute Gasteiger partial charge is 0.248 e. The van der Waals surface area contributed by atoms with Crippen molar-refractivity contribution in [2.75, 3.05) is 26.0 Å². The van der Waals surface area contributed by atoms with Crippen molar-refractivity contribution >= 4 is 15.9 Å². The molecular formula is C20H30N2O5S. The van der Waals surface area contributed by atoms with Gasteiger partial charge in [-0.3, -0.25) is 4.79 Å². The van der Waals surface area contributed by atoms with E-state index in [4.69, 9.17) is 4.74 Å². The van der Waals surface area contributed by atoms with Crippen molar-refractivity contribution in [1.29, 1.82) is 0 Å². The molecule has 2 aliphatic rings. The van der Waals surface area contributed by atoms with Gasteiger partial charge in [-0.25, -0.2) is 13.1 Å². The molecule has 0 spiro atoms. The first-order chi connectivity index (χ1) is 13.4. The van der Waals surface area contributed by atoms with Crippen molar-refractivity contribution in [3.8, 4) is 0 Å². The molecule has 1 aliphatic carbocycles. The molecule has 7 nitrogen and oxygen atoms in total. The van der Waals surface area contributed by atoms with Gasteiger partial charge in [-0.2, -0.15) is 0 Å². The molecule has 1 aliphatic heterocycles. The van der Waals surface area contributed by atoms with Gasteiger partial charge in [-0.15, -0.1) is 0 Å².